The van der Waals surface area contributed by atoms with Crippen LogP contribution in [0.2, 0.25) is 0 Å². The molecule has 0 aliphatic heterocycles. The molecule has 1 rings (SSSR count). The summed E-state index contributed by atoms with van der Waals surface area (Å²) in [4.78, 5) is 3.01. The van der Waals surface area contributed by atoms with Gasteiger partial charge in [-0.15, -0.1) is 0 Å². The third kappa shape index (κ3) is 2.32. The first-order valence-electron chi connectivity index (χ1n) is 3.44. The summed E-state index contributed by atoms with van der Waals surface area (Å²) in [7, 11) is 0. The molecule has 0 aliphatic carbocycles. The zero-order chi connectivity index (χ0) is 8.27. The molecule has 1 aromatic rings. The molecular weight excluding hydrogens is 208 g/mol. The third-order valence-electron chi connectivity index (χ3n) is 1.51. The first kappa shape index (κ1) is 8.77. The van der Waals surface area contributed by atoms with Crippen LogP contribution in [0.4, 0.5) is 0 Å². The van der Waals surface area contributed by atoms with Crippen molar-refractivity contribution in [2.24, 2.45) is 5.73 Å². The fourth-order valence-corrected chi connectivity index (χ4v) is 1.25. The van der Waals surface area contributed by atoms with Gasteiger partial charge in [-0.25, -0.2) is 0 Å². The highest BCUT2D eigenvalue weighted by atomic mass is 79.9. The number of H-pyrrole nitrogens is 1. The topological polar surface area (TPSA) is 62.0 Å². The SMILES string of the molecule is N[C@H](CCO)c1cc(Br)c[nH]1. The maximum atomic E-state index is 8.60. The number of nitrogens with two attached hydrogens (primary N) is 1. The minimum atomic E-state index is -0.0914. The number of halogens is 1. The number of nitrogens with one attached hydrogen (secondary N) is 1. The number of aliphatic hydroxyl groups excluding tert-OH is 1. The van der Waals surface area contributed by atoms with E-state index < -0.39 is 0 Å². The summed E-state index contributed by atoms with van der Waals surface area (Å²) in [5.74, 6) is 0. The largest absolute Gasteiger partial charge is 0.396 e. The van der Waals surface area contributed by atoms with Crippen LogP contribution in [0.1, 0.15) is 18.2 Å². The maximum Gasteiger partial charge on any atom is 0.0470 e. The van der Waals surface area contributed by atoms with Crippen molar-refractivity contribution in [1.82, 2.24) is 4.98 Å². The Labute approximate surface area is 73.7 Å². The summed E-state index contributed by atoms with van der Waals surface area (Å²) in [6.07, 6.45) is 2.42. The van der Waals surface area contributed by atoms with E-state index in [1.54, 1.807) is 0 Å². The van der Waals surface area contributed by atoms with E-state index in [-0.39, 0.29) is 12.6 Å². The highest BCUT2D eigenvalue weighted by Crippen LogP contribution is 2.17. The molecule has 0 saturated heterocycles. The fraction of sp³-hybridized carbons (Fsp3) is 0.429. The van der Waals surface area contributed by atoms with Gasteiger partial charge in [0.2, 0.25) is 0 Å². The standard InChI is InChI=1S/C7H11BrN2O/c8-5-3-7(10-4-5)6(9)1-2-11/h3-4,6,10-11H,1-2,9H2/t6-/m1/s1. The first-order valence-corrected chi connectivity index (χ1v) is 4.23. The number of aromatic nitrogens is 1. The summed E-state index contributed by atoms with van der Waals surface area (Å²) in [6.45, 7) is 0.123. The van der Waals surface area contributed by atoms with Crippen molar-refractivity contribution in [3.8, 4) is 0 Å². The highest BCUT2D eigenvalue weighted by molar-refractivity contribution is 9.10. The van der Waals surface area contributed by atoms with Crippen LogP contribution in [0.5, 0.6) is 0 Å². The molecule has 0 aliphatic rings. The third-order valence-corrected chi connectivity index (χ3v) is 1.97. The van der Waals surface area contributed by atoms with Crippen LogP contribution in [0, 0.1) is 0 Å². The second-order valence-corrected chi connectivity index (χ2v) is 3.31. The molecule has 1 heterocycles. The van der Waals surface area contributed by atoms with E-state index in [0.717, 1.165) is 10.2 Å². The lowest BCUT2D eigenvalue weighted by Crippen LogP contribution is -2.11. The summed E-state index contributed by atoms with van der Waals surface area (Å²) < 4.78 is 0.987. The quantitative estimate of drug-likeness (QED) is 0.714. The predicted molar refractivity (Wildman–Crippen MR) is 47.1 cm³/mol. The second-order valence-electron chi connectivity index (χ2n) is 2.39. The van der Waals surface area contributed by atoms with Gasteiger partial charge in [0.25, 0.3) is 0 Å². The Morgan fingerprint density at radius 2 is 2.45 bits per heavy atom. The second kappa shape index (κ2) is 3.90. The van der Waals surface area contributed by atoms with Gasteiger partial charge in [0, 0.05) is 29.0 Å². The van der Waals surface area contributed by atoms with Crippen molar-refractivity contribution in [2.75, 3.05) is 6.61 Å². The molecule has 0 amide bonds. The molecular formula is C7H11BrN2O. The molecule has 0 unspecified atom stereocenters. The Bertz CT molecular complexity index is 224. The van der Waals surface area contributed by atoms with E-state index in [1.807, 2.05) is 12.3 Å². The molecule has 11 heavy (non-hydrogen) atoms. The molecule has 4 N–H and O–H groups in total. The average Bonchev–Trinajstić information content (AvgIpc) is 2.36. The van der Waals surface area contributed by atoms with Crippen molar-refractivity contribution in [1.29, 1.82) is 0 Å². The van der Waals surface area contributed by atoms with E-state index in [4.69, 9.17) is 10.8 Å². The maximum absolute atomic E-state index is 8.60. The summed E-state index contributed by atoms with van der Waals surface area (Å²) in [5, 5.41) is 8.60. The molecule has 0 saturated carbocycles. The Hall–Kier alpha value is -0.320. The van der Waals surface area contributed by atoms with E-state index >= 15 is 0 Å². The summed E-state index contributed by atoms with van der Waals surface area (Å²) in [5.41, 5.74) is 6.66. The minimum Gasteiger partial charge on any atom is -0.396 e. The zero-order valence-electron chi connectivity index (χ0n) is 6.05. The smallest absolute Gasteiger partial charge is 0.0470 e. The first-order chi connectivity index (χ1) is 5.24. The van der Waals surface area contributed by atoms with Crippen LogP contribution in [-0.2, 0) is 0 Å². The Morgan fingerprint density at radius 3 is 2.91 bits per heavy atom. The Balaban J connectivity index is 2.60. The lowest BCUT2D eigenvalue weighted by Gasteiger charge is -2.05. The molecule has 1 aromatic heterocycles. The van der Waals surface area contributed by atoms with Gasteiger partial charge < -0.3 is 15.8 Å². The van der Waals surface area contributed by atoms with Gasteiger partial charge in [-0.2, -0.15) is 0 Å². The van der Waals surface area contributed by atoms with Crippen LogP contribution >= 0.6 is 15.9 Å². The monoisotopic (exact) mass is 218 g/mol. The van der Waals surface area contributed by atoms with Gasteiger partial charge in [0.15, 0.2) is 0 Å². The van der Waals surface area contributed by atoms with E-state index in [1.165, 1.54) is 0 Å². The van der Waals surface area contributed by atoms with Crippen molar-refractivity contribution >= 4 is 15.9 Å². The molecule has 0 aromatic carbocycles. The van der Waals surface area contributed by atoms with Crippen LogP contribution < -0.4 is 5.73 Å². The van der Waals surface area contributed by atoms with Gasteiger partial charge >= 0.3 is 0 Å². The van der Waals surface area contributed by atoms with Crippen LogP contribution in [-0.4, -0.2) is 16.7 Å². The number of hydrogen-bond donors (Lipinski definition) is 3. The Morgan fingerprint density at radius 1 is 1.73 bits per heavy atom. The lowest BCUT2D eigenvalue weighted by molar-refractivity contribution is 0.276. The van der Waals surface area contributed by atoms with Crippen LogP contribution in [0.15, 0.2) is 16.7 Å². The number of aromatic amines is 1. The van der Waals surface area contributed by atoms with Crippen molar-refractivity contribution in [3.63, 3.8) is 0 Å². The molecule has 0 radical (unpaired) electrons. The lowest BCUT2D eigenvalue weighted by atomic mass is 10.2. The molecule has 0 bridgehead atoms. The van der Waals surface area contributed by atoms with Gasteiger partial charge in [-0.3, -0.25) is 0 Å². The van der Waals surface area contributed by atoms with E-state index in [9.17, 15) is 0 Å². The highest BCUT2D eigenvalue weighted by Gasteiger charge is 2.06. The fourth-order valence-electron chi connectivity index (χ4n) is 0.893. The molecule has 1 atom stereocenters. The normalized spacial score (nSPS) is 13.4. The molecule has 3 nitrogen and oxygen atoms in total. The zero-order valence-corrected chi connectivity index (χ0v) is 7.63. The average molecular weight is 219 g/mol. The number of aliphatic hydroxyl groups is 1. The minimum absolute atomic E-state index is 0.0914. The number of hydrogen-bond acceptors (Lipinski definition) is 2. The van der Waals surface area contributed by atoms with E-state index in [0.29, 0.717) is 6.42 Å². The molecule has 0 spiro atoms. The predicted octanol–water partition coefficient (Wildman–Crippen LogP) is 1.16. The van der Waals surface area contributed by atoms with E-state index in [2.05, 4.69) is 20.9 Å². The molecule has 62 valence electrons. The van der Waals surface area contributed by atoms with Crippen LogP contribution in [0.25, 0.3) is 0 Å². The summed E-state index contributed by atoms with van der Waals surface area (Å²) in [6, 6.07) is 1.83. The van der Waals surface area contributed by atoms with Gasteiger partial charge in [0.05, 0.1) is 0 Å². The van der Waals surface area contributed by atoms with Crippen molar-refractivity contribution < 1.29 is 5.11 Å². The van der Waals surface area contributed by atoms with Gasteiger partial charge in [-0.05, 0) is 28.4 Å². The summed E-state index contributed by atoms with van der Waals surface area (Å²) >= 11 is 3.30. The molecule has 4 heteroatoms. The van der Waals surface area contributed by atoms with Crippen LogP contribution in [0.3, 0.4) is 0 Å². The van der Waals surface area contributed by atoms with Gasteiger partial charge in [0.1, 0.15) is 0 Å². The molecule has 0 fully saturated rings. The van der Waals surface area contributed by atoms with Crippen molar-refractivity contribution in [3.05, 3.63) is 22.4 Å². The van der Waals surface area contributed by atoms with Gasteiger partial charge in [-0.1, -0.05) is 0 Å². The number of rotatable bonds is 3. The van der Waals surface area contributed by atoms with Crippen molar-refractivity contribution in [2.45, 2.75) is 12.5 Å². The Kier molecular flexibility index (Phi) is 3.11.